The third kappa shape index (κ3) is 4.37. The third-order valence-corrected chi connectivity index (χ3v) is 3.65. The summed E-state index contributed by atoms with van der Waals surface area (Å²) in [6.45, 7) is 3.84. The summed E-state index contributed by atoms with van der Waals surface area (Å²) in [5, 5.41) is 2.77. The molecule has 130 valence electrons. The van der Waals surface area contributed by atoms with E-state index in [0.29, 0.717) is 44.0 Å². The number of esters is 1. The highest BCUT2D eigenvalue weighted by molar-refractivity contribution is 5.92. The van der Waals surface area contributed by atoms with Gasteiger partial charge in [0.25, 0.3) is 0 Å². The second kappa shape index (κ2) is 8.19. The van der Waals surface area contributed by atoms with E-state index in [1.165, 1.54) is 7.11 Å². The minimum absolute atomic E-state index is 0.246. The van der Waals surface area contributed by atoms with Gasteiger partial charge in [0.1, 0.15) is 0 Å². The topological polar surface area (TPSA) is 88.2 Å². The molecule has 1 saturated heterocycles. The number of piperazine rings is 1. The van der Waals surface area contributed by atoms with Gasteiger partial charge in [-0.3, -0.25) is 0 Å². The number of rotatable bonds is 3. The minimum atomic E-state index is -0.428. The van der Waals surface area contributed by atoms with Crippen LogP contribution in [0.2, 0.25) is 0 Å². The Morgan fingerprint density at radius 3 is 2.17 bits per heavy atom. The average molecular weight is 335 g/mol. The van der Waals surface area contributed by atoms with E-state index in [-0.39, 0.29) is 12.1 Å². The summed E-state index contributed by atoms with van der Waals surface area (Å²) >= 11 is 0. The van der Waals surface area contributed by atoms with Gasteiger partial charge >= 0.3 is 18.1 Å². The van der Waals surface area contributed by atoms with Crippen molar-refractivity contribution in [1.29, 1.82) is 0 Å². The summed E-state index contributed by atoms with van der Waals surface area (Å²) in [7, 11) is 1.31. The zero-order chi connectivity index (χ0) is 17.5. The monoisotopic (exact) mass is 335 g/mol. The number of anilines is 1. The van der Waals surface area contributed by atoms with E-state index < -0.39 is 5.97 Å². The molecule has 3 amide bonds. The normalized spacial score (nSPS) is 14.1. The Bertz CT molecular complexity index is 594. The van der Waals surface area contributed by atoms with Crippen molar-refractivity contribution in [2.45, 2.75) is 6.92 Å². The Morgan fingerprint density at radius 2 is 1.62 bits per heavy atom. The highest BCUT2D eigenvalue weighted by Crippen LogP contribution is 2.12. The molecule has 1 aliphatic heterocycles. The minimum Gasteiger partial charge on any atom is -0.465 e. The van der Waals surface area contributed by atoms with Crippen LogP contribution in [0.3, 0.4) is 0 Å². The van der Waals surface area contributed by atoms with E-state index in [9.17, 15) is 14.4 Å². The van der Waals surface area contributed by atoms with E-state index >= 15 is 0 Å². The first-order chi connectivity index (χ1) is 11.5. The number of hydrogen-bond donors (Lipinski definition) is 1. The molecule has 1 aromatic rings. The largest absolute Gasteiger partial charge is 0.465 e. The Morgan fingerprint density at radius 1 is 1.04 bits per heavy atom. The summed E-state index contributed by atoms with van der Waals surface area (Å²) in [6, 6.07) is 6.20. The van der Waals surface area contributed by atoms with Crippen molar-refractivity contribution in [1.82, 2.24) is 9.80 Å². The first-order valence-corrected chi connectivity index (χ1v) is 7.71. The van der Waals surface area contributed by atoms with E-state index in [1.54, 1.807) is 41.0 Å². The quantitative estimate of drug-likeness (QED) is 0.851. The lowest BCUT2D eigenvalue weighted by Crippen LogP contribution is -2.51. The van der Waals surface area contributed by atoms with Crippen molar-refractivity contribution in [3.8, 4) is 0 Å². The van der Waals surface area contributed by atoms with Crippen molar-refractivity contribution in [2.24, 2.45) is 0 Å². The number of benzene rings is 1. The van der Waals surface area contributed by atoms with Crippen LogP contribution >= 0.6 is 0 Å². The summed E-state index contributed by atoms with van der Waals surface area (Å²) < 4.78 is 9.56. The number of methoxy groups -OCH3 is 1. The number of amides is 3. The molecule has 1 fully saturated rings. The maximum Gasteiger partial charge on any atom is 0.409 e. The van der Waals surface area contributed by atoms with Crippen molar-refractivity contribution < 1.29 is 23.9 Å². The van der Waals surface area contributed by atoms with Gasteiger partial charge in [-0.2, -0.15) is 0 Å². The van der Waals surface area contributed by atoms with Crippen LogP contribution in [0, 0.1) is 0 Å². The lowest BCUT2D eigenvalue weighted by Gasteiger charge is -2.34. The fraction of sp³-hybridized carbons (Fsp3) is 0.438. The molecular weight excluding hydrogens is 314 g/mol. The van der Waals surface area contributed by atoms with E-state index in [0.717, 1.165) is 0 Å². The van der Waals surface area contributed by atoms with Gasteiger partial charge in [0.05, 0.1) is 19.3 Å². The van der Waals surface area contributed by atoms with Crippen LogP contribution in [0.1, 0.15) is 17.3 Å². The maximum atomic E-state index is 12.2. The second-order valence-electron chi connectivity index (χ2n) is 5.17. The van der Waals surface area contributed by atoms with Gasteiger partial charge in [0, 0.05) is 31.9 Å². The van der Waals surface area contributed by atoms with Gasteiger partial charge in [-0.05, 0) is 31.2 Å². The first-order valence-electron chi connectivity index (χ1n) is 7.71. The smallest absolute Gasteiger partial charge is 0.409 e. The van der Waals surface area contributed by atoms with Gasteiger partial charge in [-0.15, -0.1) is 0 Å². The van der Waals surface area contributed by atoms with Crippen LogP contribution in [0.4, 0.5) is 15.3 Å². The van der Waals surface area contributed by atoms with Crippen LogP contribution in [0.15, 0.2) is 24.3 Å². The van der Waals surface area contributed by atoms with Crippen LogP contribution in [-0.2, 0) is 9.47 Å². The number of carbonyl (C=O) groups excluding carboxylic acids is 3. The molecule has 0 radical (unpaired) electrons. The van der Waals surface area contributed by atoms with Gasteiger partial charge in [-0.1, -0.05) is 0 Å². The third-order valence-electron chi connectivity index (χ3n) is 3.65. The van der Waals surface area contributed by atoms with Crippen LogP contribution < -0.4 is 5.32 Å². The molecule has 0 atom stereocenters. The average Bonchev–Trinajstić information content (AvgIpc) is 2.62. The predicted octanol–water partition coefficient (Wildman–Crippen LogP) is 1.78. The lowest BCUT2D eigenvalue weighted by molar-refractivity contribution is 0.0600. The Kier molecular flexibility index (Phi) is 6.00. The van der Waals surface area contributed by atoms with Crippen LogP contribution in [0.25, 0.3) is 0 Å². The van der Waals surface area contributed by atoms with Crippen molar-refractivity contribution in [3.05, 3.63) is 29.8 Å². The number of nitrogens with one attached hydrogen (secondary N) is 1. The molecule has 1 aliphatic rings. The molecule has 0 aliphatic carbocycles. The summed E-state index contributed by atoms with van der Waals surface area (Å²) in [6.07, 6.45) is -0.351. The zero-order valence-corrected chi connectivity index (χ0v) is 13.8. The molecule has 1 heterocycles. The molecule has 1 aromatic carbocycles. The van der Waals surface area contributed by atoms with Gasteiger partial charge in [0.15, 0.2) is 0 Å². The molecular formula is C16H21N3O5. The standard InChI is InChI=1S/C16H21N3O5/c1-3-24-16(22)19-10-8-18(9-11-19)15(21)17-13-6-4-12(5-7-13)14(20)23-2/h4-7H,3,8-11H2,1-2H3,(H,17,21). The number of ether oxygens (including phenoxy) is 2. The van der Waals surface area contributed by atoms with Crippen molar-refractivity contribution in [3.63, 3.8) is 0 Å². The first kappa shape index (κ1) is 17.6. The highest BCUT2D eigenvalue weighted by Gasteiger charge is 2.24. The Hall–Kier alpha value is -2.77. The van der Waals surface area contributed by atoms with Crippen molar-refractivity contribution >= 4 is 23.8 Å². The van der Waals surface area contributed by atoms with E-state index in [1.807, 2.05) is 0 Å². The fourth-order valence-electron chi connectivity index (χ4n) is 2.32. The number of hydrogen-bond acceptors (Lipinski definition) is 5. The molecule has 0 aromatic heterocycles. The fourth-order valence-corrected chi connectivity index (χ4v) is 2.32. The van der Waals surface area contributed by atoms with Crippen LogP contribution in [0.5, 0.6) is 0 Å². The van der Waals surface area contributed by atoms with Gasteiger partial charge in [0.2, 0.25) is 0 Å². The lowest BCUT2D eigenvalue weighted by atomic mass is 10.2. The molecule has 2 rings (SSSR count). The molecule has 24 heavy (non-hydrogen) atoms. The molecule has 8 nitrogen and oxygen atoms in total. The Balaban J connectivity index is 1.85. The van der Waals surface area contributed by atoms with E-state index in [4.69, 9.17) is 4.74 Å². The molecule has 0 saturated carbocycles. The molecule has 8 heteroatoms. The van der Waals surface area contributed by atoms with Crippen LogP contribution in [-0.4, -0.2) is 67.8 Å². The number of urea groups is 1. The van der Waals surface area contributed by atoms with Gasteiger partial charge < -0.3 is 24.6 Å². The number of carbonyl (C=O) groups is 3. The van der Waals surface area contributed by atoms with E-state index in [2.05, 4.69) is 10.1 Å². The molecule has 0 unspecified atom stereocenters. The summed E-state index contributed by atoms with van der Waals surface area (Å²) in [4.78, 5) is 38.4. The SMILES string of the molecule is CCOC(=O)N1CCN(C(=O)Nc2ccc(C(=O)OC)cc2)CC1. The molecule has 1 N–H and O–H groups in total. The predicted molar refractivity (Wildman–Crippen MR) is 87.0 cm³/mol. The number of nitrogens with zero attached hydrogens (tertiary/aromatic N) is 2. The molecule has 0 spiro atoms. The summed E-state index contributed by atoms with van der Waals surface area (Å²) in [5.41, 5.74) is 0.999. The Labute approximate surface area is 140 Å². The van der Waals surface area contributed by atoms with Gasteiger partial charge in [-0.25, -0.2) is 14.4 Å². The van der Waals surface area contributed by atoms with Crippen molar-refractivity contribution in [2.75, 3.05) is 45.2 Å². The summed E-state index contributed by atoms with van der Waals surface area (Å²) in [5.74, 6) is -0.428. The second-order valence-corrected chi connectivity index (χ2v) is 5.17. The maximum absolute atomic E-state index is 12.2. The molecule has 0 bridgehead atoms. The highest BCUT2D eigenvalue weighted by atomic mass is 16.6. The zero-order valence-electron chi connectivity index (χ0n) is 13.8.